The first kappa shape index (κ1) is 38.4. The van der Waals surface area contributed by atoms with Crippen molar-refractivity contribution in [2.45, 2.75) is 44.9 Å². The van der Waals surface area contributed by atoms with Crippen LogP contribution in [0.3, 0.4) is 0 Å². The number of ether oxygens (including phenoxy) is 1. The van der Waals surface area contributed by atoms with Gasteiger partial charge in [-0.25, -0.2) is 26.3 Å². The summed E-state index contributed by atoms with van der Waals surface area (Å²) in [6.07, 6.45) is -5.26. The lowest BCUT2D eigenvalue weighted by Crippen LogP contribution is -2.21. The van der Waals surface area contributed by atoms with Crippen LogP contribution in [0.2, 0.25) is 5.02 Å². The number of unbranched alkanes of at least 4 members (excludes halogenated alkanes) is 2. The first-order valence-corrected chi connectivity index (χ1v) is 16.0. The Hall–Kier alpha value is -4.84. The van der Waals surface area contributed by atoms with Crippen molar-refractivity contribution in [3.05, 3.63) is 142 Å². The highest BCUT2D eigenvalue weighted by molar-refractivity contribution is 6.33. The van der Waals surface area contributed by atoms with Crippen molar-refractivity contribution in [2.24, 2.45) is 0 Å². The molecular weight excluding hydrogens is 729 g/mol. The van der Waals surface area contributed by atoms with E-state index in [1.165, 1.54) is 6.07 Å². The third kappa shape index (κ3) is 8.78. The molecule has 0 atom stereocenters. The number of hydrogen-bond acceptors (Lipinski definition) is 1. The lowest BCUT2D eigenvalue weighted by Gasteiger charge is -2.16. The van der Waals surface area contributed by atoms with Gasteiger partial charge < -0.3 is 4.74 Å². The van der Waals surface area contributed by atoms with Gasteiger partial charge in [0.15, 0.2) is 0 Å². The monoisotopic (exact) mass is 754 g/mol. The Morgan fingerprint density at radius 3 is 1.77 bits per heavy atom. The predicted molar refractivity (Wildman–Crippen MR) is 177 cm³/mol. The molecule has 0 bridgehead atoms. The van der Waals surface area contributed by atoms with E-state index < -0.39 is 75.2 Å². The van der Waals surface area contributed by atoms with Crippen molar-refractivity contribution < 1.29 is 53.0 Å². The van der Waals surface area contributed by atoms with Crippen molar-refractivity contribution in [1.29, 1.82) is 0 Å². The smallest absolute Gasteiger partial charge is 0.422 e. The van der Waals surface area contributed by atoms with Crippen molar-refractivity contribution in [3.63, 3.8) is 0 Å². The van der Waals surface area contributed by atoms with Gasteiger partial charge in [-0.15, -0.1) is 0 Å². The number of aryl methyl sites for hydroxylation is 1. The Morgan fingerprint density at radius 1 is 0.615 bits per heavy atom. The van der Waals surface area contributed by atoms with Gasteiger partial charge in [0.05, 0.1) is 5.02 Å². The van der Waals surface area contributed by atoms with Gasteiger partial charge in [-0.1, -0.05) is 55.6 Å². The fourth-order valence-electron chi connectivity index (χ4n) is 5.51. The van der Waals surface area contributed by atoms with E-state index in [9.17, 15) is 35.1 Å². The van der Waals surface area contributed by atoms with Crippen LogP contribution in [0.4, 0.5) is 48.3 Å². The van der Waals surface area contributed by atoms with Crippen LogP contribution in [0.25, 0.3) is 39.5 Å². The fourth-order valence-corrected chi connectivity index (χ4v) is 5.83. The summed E-state index contributed by atoms with van der Waals surface area (Å²) in [4.78, 5) is 0. The Morgan fingerprint density at radius 2 is 1.21 bits per heavy atom. The lowest BCUT2D eigenvalue weighted by atomic mass is 9.97. The lowest BCUT2D eigenvalue weighted by molar-refractivity contribution is -0.142. The predicted octanol–water partition coefficient (Wildman–Crippen LogP) is 13.6. The molecule has 0 fully saturated rings. The molecule has 0 radical (unpaired) electrons. The minimum Gasteiger partial charge on any atom is -0.429 e. The van der Waals surface area contributed by atoms with Gasteiger partial charge >= 0.3 is 12.3 Å². The highest BCUT2D eigenvalue weighted by atomic mass is 35.5. The molecular formula is C39H26ClF11O. The van der Waals surface area contributed by atoms with Gasteiger partial charge in [-0.2, -0.15) is 22.0 Å². The van der Waals surface area contributed by atoms with Crippen molar-refractivity contribution in [3.8, 4) is 39.1 Å². The number of alkyl halides is 5. The molecule has 0 unspecified atom stereocenters. The number of hydrogen-bond donors (Lipinski definition) is 0. The summed E-state index contributed by atoms with van der Waals surface area (Å²) in [6.45, 7) is 2.10. The van der Waals surface area contributed by atoms with Crippen LogP contribution in [-0.4, -0.2) is 6.11 Å². The minimum absolute atomic E-state index is 0.0436. The van der Waals surface area contributed by atoms with Crippen molar-refractivity contribution in [1.82, 2.24) is 0 Å². The van der Waals surface area contributed by atoms with E-state index in [-0.39, 0.29) is 34.4 Å². The molecule has 0 heterocycles. The second-order valence-electron chi connectivity index (χ2n) is 11.8. The molecule has 0 aliphatic heterocycles. The molecule has 0 aliphatic rings. The molecule has 0 aliphatic carbocycles. The van der Waals surface area contributed by atoms with Crippen LogP contribution in [0.15, 0.2) is 84.9 Å². The molecule has 1 nitrogen and oxygen atoms in total. The van der Waals surface area contributed by atoms with E-state index in [1.54, 1.807) is 0 Å². The maximum atomic E-state index is 15.3. The van der Waals surface area contributed by atoms with Crippen molar-refractivity contribution >= 4 is 17.7 Å². The summed E-state index contributed by atoms with van der Waals surface area (Å²) in [6, 6.07) is 13.7. The number of benzene rings is 5. The van der Waals surface area contributed by atoms with Crippen LogP contribution < -0.4 is 4.74 Å². The van der Waals surface area contributed by atoms with Crippen LogP contribution in [-0.2, 0) is 12.6 Å². The molecule has 0 saturated carbocycles. The molecule has 52 heavy (non-hydrogen) atoms. The summed E-state index contributed by atoms with van der Waals surface area (Å²) >= 11 is 6.35. The normalized spacial score (nSPS) is 12.2. The quantitative estimate of drug-likeness (QED) is 0.0964. The molecule has 5 aromatic rings. The number of halogens is 12. The maximum absolute atomic E-state index is 15.3. The second kappa shape index (κ2) is 15.4. The molecule has 5 aromatic carbocycles. The highest BCUT2D eigenvalue weighted by Crippen LogP contribution is 2.39. The Balaban J connectivity index is 1.32. The third-order valence-electron chi connectivity index (χ3n) is 8.04. The van der Waals surface area contributed by atoms with Gasteiger partial charge in [0.25, 0.3) is 0 Å². The van der Waals surface area contributed by atoms with Gasteiger partial charge in [0, 0.05) is 28.8 Å². The average Bonchev–Trinajstić information content (AvgIpc) is 3.03. The molecule has 0 amide bonds. The molecule has 0 spiro atoms. The van der Waals surface area contributed by atoms with E-state index >= 15 is 13.2 Å². The van der Waals surface area contributed by atoms with E-state index in [2.05, 4.69) is 11.7 Å². The first-order valence-electron chi connectivity index (χ1n) is 15.7. The van der Waals surface area contributed by atoms with Crippen LogP contribution in [0.5, 0.6) is 5.75 Å². The zero-order valence-electron chi connectivity index (χ0n) is 26.9. The molecule has 13 heteroatoms. The highest BCUT2D eigenvalue weighted by Gasteiger charge is 2.38. The Labute approximate surface area is 295 Å². The topological polar surface area (TPSA) is 9.23 Å². The van der Waals surface area contributed by atoms with Gasteiger partial charge in [0.2, 0.25) is 0 Å². The molecule has 272 valence electrons. The standard InChI is InChI=1S/C39H26ClF11O/c1-2-3-4-5-21-6-8-22(9-7-21)23-14-29(40)36(33(44)15-23)25-18-30(41)28(31(42)19-25)12-13-38(47,48)52-26-10-11-27(32(43)20-26)24-16-34(45)37(35(46)17-24)39(49,50)51/h6-20H,2-5H2,1H3. The zero-order chi connectivity index (χ0) is 38.0. The molecule has 0 N–H and O–H groups in total. The fraction of sp³-hybridized carbons (Fsp3) is 0.179. The minimum atomic E-state index is -5.37. The zero-order valence-corrected chi connectivity index (χ0v) is 27.7. The van der Waals surface area contributed by atoms with Crippen molar-refractivity contribution in [2.75, 3.05) is 0 Å². The summed E-state index contributed by atoms with van der Waals surface area (Å²) in [5.41, 5.74) is -2.87. The van der Waals surface area contributed by atoms with Gasteiger partial charge in [-0.05, 0) is 95.3 Å². The third-order valence-corrected chi connectivity index (χ3v) is 8.34. The van der Waals surface area contributed by atoms with Crippen LogP contribution in [0, 0.1) is 34.9 Å². The Bertz CT molecular complexity index is 2050. The van der Waals surface area contributed by atoms with E-state index in [0.717, 1.165) is 49.4 Å². The summed E-state index contributed by atoms with van der Waals surface area (Å²) in [5, 5.41) is -0.157. The second-order valence-corrected chi connectivity index (χ2v) is 12.2. The summed E-state index contributed by atoms with van der Waals surface area (Å²) in [5.74, 6) is -9.88. The van der Waals surface area contributed by atoms with Gasteiger partial charge in [-0.3, -0.25) is 0 Å². The number of rotatable bonds is 11. The van der Waals surface area contributed by atoms with E-state index in [0.29, 0.717) is 35.4 Å². The molecule has 0 aromatic heterocycles. The van der Waals surface area contributed by atoms with Gasteiger partial charge in [0.1, 0.15) is 46.2 Å². The van der Waals surface area contributed by atoms with Crippen LogP contribution >= 0.6 is 11.6 Å². The van der Waals surface area contributed by atoms with Crippen LogP contribution in [0.1, 0.15) is 42.9 Å². The first-order chi connectivity index (χ1) is 24.5. The SMILES string of the molecule is CCCCCc1ccc(-c2cc(F)c(-c3cc(F)c(C=CC(F)(F)Oc4ccc(-c5cc(F)c(C(F)(F)F)c(F)c5)c(F)c4)c(F)c3)c(Cl)c2)cc1. The maximum Gasteiger partial charge on any atom is 0.422 e. The average molecular weight is 755 g/mol. The Kier molecular flexibility index (Phi) is 11.4. The largest absolute Gasteiger partial charge is 0.429 e. The molecule has 0 saturated heterocycles. The summed E-state index contributed by atoms with van der Waals surface area (Å²) in [7, 11) is 0. The summed E-state index contributed by atoms with van der Waals surface area (Å²) < 4.78 is 160. The van der Waals surface area contributed by atoms with E-state index in [1.807, 2.05) is 24.3 Å². The molecule has 5 rings (SSSR count). The van der Waals surface area contributed by atoms with E-state index in [4.69, 9.17) is 11.6 Å².